The van der Waals surface area contributed by atoms with Gasteiger partial charge in [-0.2, -0.15) is 0 Å². The van der Waals surface area contributed by atoms with Crippen LogP contribution in [0.4, 0.5) is 0 Å². The van der Waals surface area contributed by atoms with Crippen LogP contribution in [0.3, 0.4) is 0 Å². The van der Waals surface area contributed by atoms with Gasteiger partial charge in [-0.25, -0.2) is 0 Å². The zero-order chi connectivity index (χ0) is 7.19. The van der Waals surface area contributed by atoms with Crippen LogP contribution in [-0.4, -0.2) is 0 Å². The minimum Gasteiger partial charge on any atom is -0.344 e. The van der Waals surface area contributed by atoms with Crippen molar-refractivity contribution in [1.29, 1.82) is 0 Å². The Morgan fingerprint density at radius 1 is 1.17 bits per heavy atom. The third kappa shape index (κ3) is 1.47. The molecule has 1 aliphatic rings. The fourth-order valence-corrected chi connectivity index (χ4v) is 1.80. The highest BCUT2D eigenvalue weighted by Gasteiger charge is 2.32. The summed E-state index contributed by atoms with van der Waals surface area (Å²) in [5.74, 6) is 0. The monoisotopic (exact) mass is 185 g/mol. The van der Waals surface area contributed by atoms with Crippen molar-refractivity contribution in [2.75, 3.05) is 0 Å². The molecule has 0 heterocycles. The van der Waals surface area contributed by atoms with Crippen LogP contribution in [0.25, 0.3) is 0 Å². The van der Waals surface area contributed by atoms with Crippen LogP contribution >= 0.6 is 12.4 Å². The molecule has 0 radical (unpaired) electrons. The molecule has 0 saturated heterocycles. The summed E-state index contributed by atoms with van der Waals surface area (Å²) in [4.78, 5) is 0. The summed E-state index contributed by atoms with van der Waals surface area (Å²) in [5.41, 5.74) is 3.53. The molecule has 12 heavy (non-hydrogen) atoms. The molecule has 0 fully saturated rings. The number of fused-ring (bicyclic) bond motifs is 1. The predicted molar refractivity (Wildman–Crippen MR) is 55.4 cm³/mol. The maximum absolute atomic E-state index is 2.30. The van der Waals surface area contributed by atoms with Gasteiger partial charge in [0.25, 0.3) is 0 Å². The van der Waals surface area contributed by atoms with Crippen LogP contribution in [0, 0.1) is 0 Å². The SMILES string of the molecule is CC1(C)Cc2ccccc21.Cl.N. The number of benzene rings is 1. The van der Waals surface area contributed by atoms with Gasteiger partial charge in [0.2, 0.25) is 0 Å². The summed E-state index contributed by atoms with van der Waals surface area (Å²) in [7, 11) is 0. The van der Waals surface area contributed by atoms with E-state index < -0.39 is 0 Å². The molecule has 0 aromatic heterocycles. The molecule has 0 atom stereocenters. The second-order valence-corrected chi connectivity index (χ2v) is 3.72. The minimum atomic E-state index is 0. The molecule has 68 valence electrons. The molecule has 1 aliphatic carbocycles. The van der Waals surface area contributed by atoms with Crippen molar-refractivity contribution in [3.05, 3.63) is 35.4 Å². The van der Waals surface area contributed by atoms with Crippen molar-refractivity contribution < 1.29 is 0 Å². The summed E-state index contributed by atoms with van der Waals surface area (Å²) >= 11 is 0. The molecule has 0 bridgehead atoms. The quantitative estimate of drug-likeness (QED) is 0.663. The van der Waals surface area contributed by atoms with Gasteiger partial charge in [0.15, 0.2) is 0 Å². The van der Waals surface area contributed by atoms with Gasteiger partial charge < -0.3 is 6.15 Å². The molecular weight excluding hydrogens is 170 g/mol. The lowest BCUT2D eigenvalue weighted by Crippen LogP contribution is -2.31. The van der Waals surface area contributed by atoms with Crippen molar-refractivity contribution in [3.63, 3.8) is 0 Å². The third-order valence-corrected chi connectivity index (χ3v) is 2.38. The maximum Gasteiger partial charge on any atom is -0.00604 e. The van der Waals surface area contributed by atoms with E-state index in [4.69, 9.17) is 0 Å². The average Bonchev–Trinajstić information content (AvgIpc) is 1.86. The van der Waals surface area contributed by atoms with Gasteiger partial charge in [0, 0.05) is 0 Å². The number of hydrogen-bond donors (Lipinski definition) is 1. The van der Waals surface area contributed by atoms with Gasteiger partial charge in [-0.3, -0.25) is 0 Å². The predicted octanol–water partition coefficient (Wildman–Crippen LogP) is 3.10. The molecule has 2 heteroatoms. The van der Waals surface area contributed by atoms with E-state index in [9.17, 15) is 0 Å². The standard InChI is InChI=1S/C10H12.ClH.H3N/c1-10(2)7-8-5-3-4-6-9(8)10;;/h3-6H,7H2,1-2H3;1H;1H3. The highest BCUT2D eigenvalue weighted by atomic mass is 35.5. The van der Waals surface area contributed by atoms with E-state index in [0.29, 0.717) is 5.41 Å². The van der Waals surface area contributed by atoms with E-state index >= 15 is 0 Å². The Morgan fingerprint density at radius 2 is 1.75 bits per heavy atom. The maximum atomic E-state index is 2.30. The van der Waals surface area contributed by atoms with Crippen LogP contribution in [0.1, 0.15) is 25.0 Å². The lowest BCUT2D eigenvalue weighted by molar-refractivity contribution is 0.455. The molecule has 1 nitrogen and oxygen atoms in total. The van der Waals surface area contributed by atoms with Crippen LogP contribution in [-0.2, 0) is 11.8 Å². The van der Waals surface area contributed by atoms with Crippen molar-refractivity contribution in [2.24, 2.45) is 0 Å². The Kier molecular flexibility index (Phi) is 3.31. The van der Waals surface area contributed by atoms with Gasteiger partial charge >= 0.3 is 0 Å². The molecule has 0 unspecified atom stereocenters. The zero-order valence-electron chi connectivity index (χ0n) is 7.63. The lowest BCUT2D eigenvalue weighted by atomic mass is 9.67. The molecule has 0 saturated carbocycles. The number of halogens is 1. The van der Waals surface area contributed by atoms with Crippen molar-refractivity contribution >= 4 is 12.4 Å². The van der Waals surface area contributed by atoms with Gasteiger partial charge in [-0.05, 0) is 23.0 Å². The molecule has 1 aromatic rings. The Balaban J connectivity index is 0.000000605. The number of hydrogen-bond acceptors (Lipinski definition) is 1. The normalized spacial score (nSPS) is 16.2. The van der Waals surface area contributed by atoms with Crippen LogP contribution in [0.5, 0.6) is 0 Å². The van der Waals surface area contributed by atoms with Gasteiger partial charge in [0.05, 0.1) is 0 Å². The summed E-state index contributed by atoms with van der Waals surface area (Å²) in [5, 5.41) is 0. The first-order valence-corrected chi connectivity index (χ1v) is 3.78. The Labute approximate surface area is 80.2 Å². The smallest absolute Gasteiger partial charge is 0.00604 e. The Morgan fingerprint density at radius 3 is 2.17 bits per heavy atom. The zero-order valence-corrected chi connectivity index (χ0v) is 8.45. The summed E-state index contributed by atoms with van der Waals surface area (Å²) in [6.45, 7) is 4.60. The second kappa shape index (κ2) is 3.46. The molecular formula is C10H16ClN. The summed E-state index contributed by atoms with van der Waals surface area (Å²) in [6.07, 6.45) is 1.25. The number of rotatable bonds is 0. The van der Waals surface area contributed by atoms with Crippen LogP contribution < -0.4 is 6.15 Å². The Bertz CT molecular complexity index is 268. The van der Waals surface area contributed by atoms with E-state index in [1.807, 2.05) is 0 Å². The van der Waals surface area contributed by atoms with E-state index in [0.717, 1.165) is 0 Å². The van der Waals surface area contributed by atoms with Crippen molar-refractivity contribution in [2.45, 2.75) is 25.7 Å². The van der Waals surface area contributed by atoms with Gasteiger partial charge in [-0.1, -0.05) is 38.1 Å². The van der Waals surface area contributed by atoms with Crippen molar-refractivity contribution in [1.82, 2.24) is 6.15 Å². The van der Waals surface area contributed by atoms with Crippen LogP contribution in [0.2, 0.25) is 0 Å². The highest BCUT2D eigenvalue weighted by Crippen LogP contribution is 2.39. The first kappa shape index (κ1) is 11.5. The van der Waals surface area contributed by atoms with E-state index in [2.05, 4.69) is 38.1 Å². The van der Waals surface area contributed by atoms with Gasteiger partial charge in [-0.15, -0.1) is 12.4 Å². The lowest BCUT2D eigenvalue weighted by Gasteiger charge is -2.37. The molecule has 0 aliphatic heterocycles. The first-order chi connectivity index (χ1) is 4.70. The topological polar surface area (TPSA) is 35.0 Å². The first-order valence-electron chi connectivity index (χ1n) is 3.78. The summed E-state index contributed by atoms with van der Waals surface area (Å²) < 4.78 is 0. The molecule has 2 rings (SSSR count). The van der Waals surface area contributed by atoms with E-state index in [1.165, 1.54) is 17.5 Å². The highest BCUT2D eigenvalue weighted by molar-refractivity contribution is 5.85. The average molecular weight is 186 g/mol. The van der Waals surface area contributed by atoms with Gasteiger partial charge in [0.1, 0.15) is 0 Å². The van der Waals surface area contributed by atoms with E-state index in [-0.39, 0.29) is 18.6 Å². The molecule has 1 aromatic carbocycles. The minimum absolute atomic E-state index is 0. The van der Waals surface area contributed by atoms with Crippen molar-refractivity contribution in [3.8, 4) is 0 Å². The summed E-state index contributed by atoms with van der Waals surface area (Å²) in [6, 6.07) is 8.70. The van der Waals surface area contributed by atoms with E-state index in [1.54, 1.807) is 0 Å². The fraction of sp³-hybridized carbons (Fsp3) is 0.400. The molecule has 3 N–H and O–H groups in total. The largest absolute Gasteiger partial charge is 0.344 e. The third-order valence-electron chi connectivity index (χ3n) is 2.38. The Hall–Kier alpha value is -0.530. The van der Waals surface area contributed by atoms with Crippen LogP contribution in [0.15, 0.2) is 24.3 Å². The second-order valence-electron chi connectivity index (χ2n) is 3.72. The molecule has 0 spiro atoms. The molecule has 0 amide bonds. The fourth-order valence-electron chi connectivity index (χ4n) is 1.80.